The average Bonchev–Trinajstić information content (AvgIpc) is 2.76. The summed E-state index contributed by atoms with van der Waals surface area (Å²) in [6.07, 6.45) is 20.3. The first-order valence-electron chi connectivity index (χ1n) is 11.5. The highest BCUT2D eigenvalue weighted by molar-refractivity contribution is 6.27. The number of rotatable bonds is 17. The topological polar surface area (TPSA) is 173 Å². The smallest absolute Gasteiger partial charge is 0.414 e. The van der Waals surface area contributed by atoms with Gasteiger partial charge in [0.2, 0.25) is 0 Å². The molecule has 9 heteroatoms. The van der Waals surface area contributed by atoms with Gasteiger partial charge in [-0.3, -0.25) is 4.79 Å². The second-order valence-corrected chi connectivity index (χ2v) is 7.36. The van der Waals surface area contributed by atoms with Crippen molar-refractivity contribution in [2.75, 3.05) is 13.2 Å². The van der Waals surface area contributed by atoms with Crippen LogP contribution in [-0.2, 0) is 14.4 Å². The number of hydrogen-bond acceptors (Lipinski definition) is 6. The number of hydrogen-bond donors (Lipinski definition) is 6. The van der Waals surface area contributed by atoms with E-state index in [2.05, 4.69) is 19.1 Å². The zero-order valence-electron chi connectivity index (χ0n) is 19.5. The normalized spacial score (nSPS) is 10.3. The Bertz CT molecular complexity index is 448. The Morgan fingerprint density at radius 3 is 1.34 bits per heavy atom. The van der Waals surface area contributed by atoms with Crippen LogP contribution in [0.15, 0.2) is 12.2 Å². The number of aliphatic hydroxyl groups excluding tert-OH is 3. The fourth-order valence-electron chi connectivity index (χ4n) is 2.40. The summed E-state index contributed by atoms with van der Waals surface area (Å²) >= 11 is 0. The van der Waals surface area contributed by atoms with Gasteiger partial charge in [-0.05, 0) is 32.1 Å². The van der Waals surface area contributed by atoms with Gasteiger partial charge in [-0.2, -0.15) is 0 Å². The van der Waals surface area contributed by atoms with Crippen molar-refractivity contribution in [2.24, 2.45) is 0 Å². The van der Waals surface area contributed by atoms with Gasteiger partial charge in [0.1, 0.15) is 6.10 Å². The predicted octanol–water partition coefficient (Wildman–Crippen LogP) is 3.60. The van der Waals surface area contributed by atoms with Gasteiger partial charge in [0, 0.05) is 6.42 Å². The summed E-state index contributed by atoms with van der Waals surface area (Å²) < 4.78 is 0. The molecule has 0 amide bonds. The highest BCUT2D eigenvalue weighted by atomic mass is 16.4. The molecule has 32 heavy (non-hydrogen) atoms. The number of carbonyl (C=O) groups is 3. The van der Waals surface area contributed by atoms with Crippen LogP contribution in [0.2, 0.25) is 0 Å². The van der Waals surface area contributed by atoms with Crippen LogP contribution in [0, 0.1) is 0 Å². The van der Waals surface area contributed by atoms with Crippen LogP contribution in [0.5, 0.6) is 0 Å². The maximum atomic E-state index is 10.3. The molecule has 6 N–H and O–H groups in total. The number of aliphatic hydroxyl groups is 3. The molecule has 0 aromatic rings. The molecule has 0 radical (unpaired) electrons. The third-order valence-electron chi connectivity index (χ3n) is 4.26. The van der Waals surface area contributed by atoms with Gasteiger partial charge >= 0.3 is 17.9 Å². The first-order chi connectivity index (χ1) is 15.2. The molecule has 0 saturated carbocycles. The minimum atomic E-state index is -1.82. The monoisotopic (exact) mass is 464 g/mol. The molecule has 0 saturated heterocycles. The van der Waals surface area contributed by atoms with Crippen LogP contribution in [0.1, 0.15) is 96.8 Å². The molecule has 9 nitrogen and oxygen atoms in total. The van der Waals surface area contributed by atoms with Crippen molar-refractivity contribution in [1.29, 1.82) is 0 Å². The molecule has 0 atom stereocenters. The van der Waals surface area contributed by atoms with Crippen molar-refractivity contribution in [3.8, 4) is 0 Å². The third kappa shape index (κ3) is 38.6. The van der Waals surface area contributed by atoms with Crippen LogP contribution >= 0.6 is 0 Å². The fraction of sp³-hybridized carbons (Fsp3) is 0.783. The van der Waals surface area contributed by atoms with Crippen molar-refractivity contribution in [3.05, 3.63) is 12.2 Å². The maximum Gasteiger partial charge on any atom is 0.414 e. The summed E-state index contributed by atoms with van der Waals surface area (Å²) in [5.74, 6) is -4.31. The summed E-state index contributed by atoms with van der Waals surface area (Å²) in [5, 5.41) is 47.3. The number of aliphatic carboxylic acids is 3. The summed E-state index contributed by atoms with van der Waals surface area (Å²) in [7, 11) is 0. The molecular formula is C23H44O9. The van der Waals surface area contributed by atoms with Gasteiger partial charge in [0.05, 0.1) is 13.2 Å². The van der Waals surface area contributed by atoms with Crippen LogP contribution in [-0.4, -0.2) is 67.9 Å². The van der Waals surface area contributed by atoms with Crippen molar-refractivity contribution in [2.45, 2.75) is 103 Å². The second kappa shape index (κ2) is 29.0. The Hall–Kier alpha value is -1.97. The maximum absolute atomic E-state index is 10.3. The molecule has 0 rings (SSSR count). The summed E-state index contributed by atoms with van der Waals surface area (Å²) in [6.45, 7) is 1.53. The lowest BCUT2D eigenvalue weighted by Gasteiger charge is -1.99. The molecule has 0 aromatic heterocycles. The van der Waals surface area contributed by atoms with E-state index in [1.165, 1.54) is 70.6 Å². The Morgan fingerprint density at radius 1 is 0.656 bits per heavy atom. The number of unbranched alkanes of at least 4 members (excludes halogenated alkanes) is 11. The van der Waals surface area contributed by atoms with Crippen LogP contribution in [0.25, 0.3) is 0 Å². The molecule has 0 fully saturated rings. The predicted molar refractivity (Wildman–Crippen MR) is 123 cm³/mol. The molecule has 0 aliphatic carbocycles. The van der Waals surface area contributed by atoms with Gasteiger partial charge in [0.15, 0.2) is 0 Å². The van der Waals surface area contributed by atoms with Gasteiger partial charge in [0.25, 0.3) is 0 Å². The Labute approximate surface area is 191 Å². The molecule has 0 aliphatic heterocycles. The van der Waals surface area contributed by atoms with Gasteiger partial charge in [-0.15, -0.1) is 0 Å². The molecular weight excluding hydrogens is 420 g/mol. The van der Waals surface area contributed by atoms with Crippen molar-refractivity contribution in [3.63, 3.8) is 0 Å². The third-order valence-corrected chi connectivity index (χ3v) is 4.26. The van der Waals surface area contributed by atoms with Gasteiger partial charge < -0.3 is 30.6 Å². The summed E-state index contributed by atoms with van der Waals surface area (Å²) in [6, 6.07) is 0. The zero-order valence-corrected chi connectivity index (χ0v) is 19.5. The Balaban J connectivity index is -0.000000571. The largest absolute Gasteiger partial charge is 0.481 e. The highest BCUT2D eigenvalue weighted by Gasteiger charge is 2.04. The van der Waals surface area contributed by atoms with E-state index in [0.29, 0.717) is 6.42 Å². The lowest BCUT2D eigenvalue weighted by Crippen LogP contribution is -2.15. The number of carboxylic acids is 3. The fourth-order valence-corrected chi connectivity index (χ4v) is 2.40. The highest BCUT2D eigenvalue weighted by Crippen LogP contribution is 2.09. The number of allylic oxidation sites excluding steroid dienone is 2. The number of carboxylic acid groups (broad SMARTS) is 3. The summed E-state index contributed by atoms with van der Waals surface area (Å²) in [4.78, 5) is 28.5. The van der Waals surface area contributed by atoms with E-state index in [0.717, 1.165) is 12.8 Å². The van der Waals surface area contributed by atoms with Gasteiger partial charge in [-0.25, -0.2) is 9.59 Å². The molecule has 0 spiro atoms. The van der Waals surface area contributed by atoms with E-state index in [4.69, 9.17) is 40.2 Å². The van der Waals surface area contributed by atoms with Crippen molar-refractivity contribution in [1.82, 2.24) is 0 Å². The first-order valence-corrected chi connectivity index (χ1v) is 11.5. The van der Waals surface area contributed by atoms with Crippen LogP contribution in [0.4, 0.5) is 0 Å². The summed E-state index contributed by atoms with van der Waals surface area (Å²) in [5.41, 5.74) is 0. The van der Waals surface area contributed by atoms with Crippen molar-refractivity contribution < 1.29 is 45.0 Å². The second-order valence-electron chi connectivity index (χ2n) is 7.36. The molecule has 190 valence electrons. The SMILES string of the molecule is CCCCCCCC/C=C\CCCCCCCC(=O)O.O=C(O)C(=O)O.OCC(O)CO. The molecule has 0 aliphatic rings. The van der Waals surface area contributed by atoms with E-state index in [9.17, 15) is 4.79 Å². The molecule has 0 bridgehead atoms. The molecule has 0 unspecified atom stereocenters. The molecule has 0 aromatic carbocycles. The van der Waals surface area contributed by atoms with Crippen LogP contribution in [0.3, 0.4) is 0 Å². The van der Waals surface area contributed by atoms with E-state index < -0.39 is 24.0 Å². The minimum Gasteiger partial charge on any atom is -0.481 e. The quantitative estimate of drug-likeness (QED) is 0.107. The standard InChI is InChI=1S/C18H34O2.C3H8O3.C2H2O4/c1-2-3-4-5-6-7-8-9-10-11-12-13-14-15-16-17-18(19)20;4-1-3(6)2-5;3-1(4)2(5)6/h9-10H,2-8,11-17H2,1H3,(H,19,20);3-6H,1-2H2;(H,3,4)(H,5,6)/b10-9-;;. The molecule has 0 heterocycles. The first kappa shape index (κ1) is 34.6. The Kier molecular flexibility index (Phi) is 31.4. The average molecular weight is 465 g/mol. The zero-order chi connectivity index (χ0) is 25.0. The van der Waals surface area contributed by atoms with Gasteiger partial charge in [-0.1, -0.05) is 70.4 Å². The van der Waals surface area contributed by atoms with Crippen LogP contribution < -0.4 is 0 Å². The van der Waals surface area contributed by atoms with E-state index in [-0.39, 0.29) is 13.2 Å². The van der Waals surface area contributed by atoms with E-state index in [1.807, 2.05) is 0 Å². The lowest BCUT2D eigenvalue weighted by atomic mass is 10.1. The van der Waals surface area contributed by atoms with Crippen molar-refractivity contribution >= 4 is 17.9 Å². The minimum absolute atomic E-state index is 0.332. The lowest BCUT2D eigenvalue weighted by molar-refractivity contribution is -0.159. The van der Waals surface area contributed by atoms with E-state index in [1.54, 1.807) is 0 Å². The van der Waals surface area contributed by atoms with E-state index >= 15 is 0 Å². The Morgan fingerprint density at radius 2 is 1.03 bits per heavy atom.